The van der Waals surface area contributed by atoms with Crippen LogP contribution in [0.25, 0.3) is 0 Å². The van der Waals surface area contributed by atoms with Gasteiger partial charge in [0.05, 0.1) is 11.1 Å². The van der Waals surface area contributed by atoms with E-state index >= 15 is 0 Å². The van der Waals surface area contributed by atoms with E-state index in [0.717, 1.165) is 0 Å². The Morgan fingerprint density at radius 1 is 1.21 bits per heavy atom. The molecule has 2 heterocycles. The predicted octanol–water partition coefficient (Wildman–Crippen LogP) is 4.23. The highest BCUT2D eigenvalue weighted by Gasteiger charge is 2.51. The molecule has 2 atom stereocenters. The first-order chi connectivity index (χ1) is 15.5. The van der Waals surface area contributed by atoms with Gasteiger partial charge in [0.15, 0.2) is 14.8 Å². The molecule has 0 saturated carbocycles. The lowest BCUT2D eigenvalue weighted by atomic mass is 9.79. The molecule has 3 rings (SSSR count). The summed E-state index contributed by atoms with van der Waals surface area (Å²) in [6.07, 6.45) is 5.29. The zero-order valence-corrected chi connectivity index (χ0v) is 21.3. The van der Waals surface area contributed by atoms with Crippen LogP contribution in [-0.2, 0) is 9.16 Å². The summed E-state index contributed by atoms with van der Waals surface area (Å²) in [6.45, 7) is 14.9. The number of benzene rings is 1. The highest BCUT2D eigenvalue weighted by Crippen LogP contribution is 2.44. The molecule has 178 valence electrons. The molecule has 33 heavy (non-hydrogen) atoms. The Bertz CT molecular complexity index is 933. The highest BCUT2D eigenvalue weighted by atomic mass is 28.3. The number of amides is 3. The molecule has 0 spiro atoms. The third-order valence-corrected chi connectivity index (χ3v) is 7.03. The number of likely N-dealkylation sites (tertiary alicyclic amines) is 1. The van der Waals surface area contributed by atoms with E-state index in [4.69, 9.17) is 9.16 Å². The number of hydrogen-bond acceptors (Lipinski definition) is 5. The van der Waals surface area contributed by atoms with Gasteiger partial charge in [0.1, 0.15) is 6.61 Å². The summed E-state index contributed by atoms with van der Waals surface area (Å²) < 4.78 is 11.9. The van der Waals surface area contributed by atoms with Crippen molar-refractivity contribution >= 4 is 26.9 Å². The van der Waals surface area contributed by atoms with Crippen molar-refractivity contribution in [3.63, 3.8) is 0 Å². The Kier molecular flexibility index (Phi) is 7.28. The van der Waals surface area contributed by atoms with E-state index in [2.05, 4.69) is 40.4 Å². The van der Waals surface area contributed by atoms with Gasteiger partial charge in [-0.3, -0.25) is 19.4 Å². The summed E-state index contributed by atoms with van der Waals surface area (Å²) in [4.78, 5) is 41.3. The fraction of sp³-hybridized carbons (Fsp3) is 0.480. The Balaban J connectivity index is 1.89. The summed E-state index contributed by atoms with van der Waals surface area (Å²) in [5.74, 6) is -0.435. The molecule has 0 bridgehead atoms. The molecule has 1 aromatic rings. The van der Waals surface area contributed by atoms with E-state index in [1.165, 1.54) is 11.0 Å². The highest BCUT2D eigenvalue weighted by molar-refractivity contribution is 6.48. The maximum atomic E-state index is 13.0. The molecule has 0 N–H and O–H groups in total. The fourth-order valence-electron chi connectivity index (χ4n) is 4.38. The van der Waals surface area contributed by atoms with Crippen molar-refractivity contribution in [1.29, 1.82) is 0 Å². The van der Waals surface area contributed by atoms with Gasteiger partial charge < -0.3 is 9.16 Å². The Morgan fingerprint density at radius 3 is 2.33 bits per heavy atom. The number of hydrogen-bond donors (Lipinski definition) is 0. The van der Waals surface area contributed by atoms with E-state index in [1.807, 2.05) is 6.08 Å². The first kappa shape index (κ1) is 24.9. The summed E-state index contributed by atoms with van der Waals surface area (Å²) in [6, 6.07) is 6.82. The van der Waals surface area contributed by atoms with Crippen LogP contribution >= 0.6 is 0 Å². The minimum atomic E-state index is -1.59. The number of imide groups is 1. The van der Waals surface area contributed by atoms with Gasteiger partial charge in [-0.25, -0.2) is 4.79 Å². The average molecular weight is 471 g/mol. The van der Waals surface area contributed by atoms with Crippen molar-refractivity contribution in [3.8, 4) is 0 Å². The van der Waals surface area contributed by atoms with Crippen LogP contribution in [0.1, 0.15) is 47.9 Å². The summed E-state index contributed by atoms with van der Waals surface area (Å²) in [7, 11) is -1.59. The molecule has 1 saturated heterocycles. The van der Waals surface area contributed by atoms with Crippen LogP contribution in [-0.4, -0.2) is 62.2 Å². The van der Waals surface area contributed by atoms with Crippen LogP contribution in [0.15, 0.2) is 49.1 Å². The number of ether oxygens (including phenoxy) is 1. The van der Waals surface area contributed by atoms with Gasteiger partial charge in [-0.15, -0.1) is 0 Å². The quantitative estimate of drug-likeness (QED) is 0.339. The van der Waals surface area contributed by atoms with E-state index in [0.29, 0.717) is 24.1 Å². The molecule has 8 heteroatoms. The molecule has 3 amide bonds. The molecule has 0 radical (unpaired) electrons. The number of nitrogens with zero attached hydrogens (tertiary/aromatic N) is 2. The van der Waals surface area contributed by atoms with E-state index in [1.54, 1.807) is 35.2 Å². The monoisotopic (exact) mass is 470 g/mol. The first-order valence-corrected chi connectivity index (χ1v) is 14.1. The number of fused-ring (bicyclic) bond motifs is 1. The maximum absolute atomic E-state index is 13.0. The molecule has 0 aliphatic carbocycles. The SMILES string of the molecule is C=CCOC(=O)N1C[C@@H](C(C)(C)C)C[C@@]1(/C=C/CN1C(=O)c2ccccc2C1=O)O[SiH](C)C. The van der Waals surface area contributed by atoms with Crippen LogP contribution in [0.4, 0.5) is 4.79 Å². The first-order valence-electron chi connectivity index (χ1n) is 11.4. The average Bonchev–Trinajstić information content (AvgIpc) is 3.23. The van der Waals surface area contributed by atoms with Crippen LogP contribution in [0.2, 0.25) is 13.1 Å². The van der Waals surface area contributed by atoms with Gasteiger partial charge >= 0.3 is 6.09 Å². The normalized spacial score (nSPS) is 23.0. The van der Waals surface area contributed by atoms with Crippen molar-refractivity contribution in [1.82, 2.24) is 9.80 Å². The van der Waals surface area contributed by atoms with Crippen molar-refractivity contribution in [3.05, 3.63) is 60.2 Å². The van der Waals surface area contributed by atoms with E-state index in [9.17, 15) is 14.4 Å². The van der Waals surface area contributed by atoms with Crippen molar-refractivity contribution in [2.75, 3.05) is 19.7 Å². The Labute approximate surface area is 197 Å². The lowest BCUT2D eigenvalue weighted by Crippen LogP contribution is -2.50. The molecular formula is C25H34N2O5Si. The zero-order chi connectivity index (χ0) is 24.4. The third-order valence-electron chi connectivity index (χ3n) is 6.15. The smallest absolute Gasteiger partial charge is 0.412 e. The second-order valence-corrected chi connectivity index (χ2v) is 12.3. The lowest BCUT2D eigenvalue weighted by molar-refractivity contribution is -0.0134. The third kappa shape index (κ3) is 5.12. The fourth-order valence-corrected chi connectivity index (χ4v) is 5.50. The Morgan fingerprint density at radius 2 is 1.82 bits per heavy atom. The second-order valence-electron chi connectivity index (χ2n) is 9.92. The topological polar surface area (TPSA) is 76.2 Å². The van der Waals surface area contributed by atoms with Gasteiger partial charge in [-0.2, -0.15) is 0 Å². The molecule has 1 fully saturated rings. The minimum absolute atomic E-state index is 0.0447. The molecule has 0 unspecified atom stereocenters. The van der Waals surface area contributed by atoms with Crippen LogP contribution in [0.5, 0.6) is 0 Å². The minimum Gasteiger partial charge on any atom is -0.445 e. The largest absolute Gasteiger partial charge is 0.445 e. The van der Waals surface area contributed by atoms with Crippen molar-refractivity contribution < 1.29 is 23.5 Å². The summed E-state index contributed by atoms with van der Waals surface area (Å²) in [5.41, 5.74) is -0.189. The van der Waals surface area contributed by atoms with E-state index in [-0.39, 0.29) is 36.3 Å². The van der Waals surface area contributed by atoms with Gasteiger partial charge in [-0.05, 0) is 42.6 Å². The molecule has 0 aromatic heterocycles. The van der Waals surface area contributed by atoms with Gasteiger partial charge in [0.25, 0.3) is 11.8 Å². The van der Waals surface area contributed by atoms with Crippen molar-refractivity contribution in [2.24, 2.45) is 11.3 Å². The number of rotatable bonds is 7. The summed E-state index contributed by atoms with van der Waals surface area (Å²) in [5, 5.41) is 0. The molecular weight excluding hydrogens is 436 g/mol. The van der Waals surface area contributed by atoms with Gasteiger partial charge in [-0.1, -0.05) is 51.6 Å². The van der Waals surface area contributed by atoms with Gasteiger partial charge in [0, 0.05) is 19.5 Å². The zero-order valence-electron chi connectivity index (χ0n) is 20.2. The van der Waals surface area contributed by atoms with Crippen LogP contribution < -0.4 is 0 Å². The number of carbonyl (C=O) groups is 3. The number of carbonyl (C=O) groups excluding carboxylic acids is 3. The molecule has 2 aliphatic rings. The second kappa shape index (κ2) is 9.65. The standard InChI is InChI=1S/C25H34N2O5Si/c1-7-15-31-23(30)27-17-18(24(2,3)4)16-25(27,32-33(5)6)13-10-14-26-21(28)19-11-8-9-12-20(19)22(26)29/h7-13,18,33H,1,14-17H2,2-6H3/b13-10+/t18-,25+/m0/s1. The van der Waals surface area contributed by atoms with Crippen LogP contribution in [0.3, 0.4) is 0 Å². The molecule has 2 aliphatic heterocycles. The molecule has 7 nitrogen and oxygen atoms in total. The summed E-state index contributed by atoms with van der Waals surface area (Å²) >= 11 is 0. The molecule has 1 aromatic carbocycles. The van der Waals surface area contributed by atoms with Crippen LogP contribution in [0, 0.1) is 11.3 Å². The van der Waals surface area contributed by atoms with Gasteiger partial charge in [0.2, 0.25) is 0 Å². The Hall–Kier alpha value is -2.71. The maximum Gasteiger partial charge on any atom is 0.412 e. The predicted molar refractivity (Wildman–Crippen MR) is 129 cm³/mol. The lowest BCUT2D eigenvalue weighted by Gasteiger charge is -2.37. The van der Waals surface area contributed by atoms with E-state index < -0.39 is 20.9 Å². The van der Waals surface area contributed by atoms with Crippen molar-refractivity contribution in [2.45, 2.75) is 46.0 Å².